The lowest BCUT2D eigenvalue weighted by Gasteiger charge is -2.27. The van der Waals surface area contributed by atoms with Crippen LogP contribution in [0.25, 0.3) is 0 Å². The highest BCUT2D eigenvalue weighted by atomic mass is 16.5. The molecule has 17 heavy (non-hydrogen) atoms. The van der Waals surface area contributed by atoms with E-state index >= 15 is 0 Å². The highest BCUT2D eigenvalue weighted by Crippen LogP contribution is 2.24. The molecule has 100 valence electrons. The van der Waals surface area contributed by atoms with Gasteiger partial charge >= 0.3 is 0 Å². The minimum absolute atomic E-state index is 0.281. The third kappa shape index (κ3) is 5.50. The first-order valence-electron chi connectivity index (χ1n) is 6.59. The molecule has 0 aromatic heterocycles. The normalized spacial score (nSPS) is 19.3. The zero-order valence-corrected chi connectivity index (χ0v) is 11.3. The van der Waals surface area contributed by atoms with Gasteiger partial charge in [0.2, 0.25) is 5.91 Å². The molecule has 1 aliphatic carbocycles. The summed E-state index contributed by atoms with van der Waals surface area (Å²) in [5, 5.41) is 3.31. The first kappa shape index (κ1) is 14.5. The average Bonchev–Trinajstić information content (AvgIpc) is 3.00. The minimum Gasteiger partial charge on any atom is -0.381 e. The lowest BCUT2D eigenvalue weighted by molar-refractivity contribution is -0.124. The number of nitrogens with two attached hydrogens (primary N) is 1. The Bertz CT molecular complexity index is 252. The van der Waals surface area contributed by atoms with Crippen molar-refractivity contribution in [1.29, 1.82) is 0 Å². The summed E-state index contributed by atoms with van der Waals surface area (Å²) in [6.45, 7) is 7.57. The largest absolute Gasteiger partial charge is 0.381 e. The molecule has 1 fully saturated rings. The highest BCUT2D eigenvalue weighted by Gasteiger charge is 2.36. The molecular formula is C13H26N2O2. The Kier molecular flexibility index (Phi) is 5.40. The summed E-state index contributed by atoms with van der Waals surface area (Å²) in [6.07, 6.45) is 4.01. The summed E-state index contributed by atoms with van der Waals surface area (Å²) in [7, 11) is 0. The molecule has 1 aliphatic rings. The van der Waals surface area contributed by atoms with Gasteiger partial charge in [0.15, 0.2) is 0 Å². The van der Waals surface area contributed by atoms with Gasteiger partial charge in [-0.1, -0.05) is 13.8 Å². The number of rotatable bonds is 9. The van der Waals surface area contributed by atoms with Crippen molar-refractivity contribution >= 4 is 5.91 Å². The van der Waals surface area contributed by atoms with Crippen molar-refractivity contribution in [3.8, 4) is 0 Å². The van der Waals surface area contributed by atoms with E-state index in [1.54, 1.807) is 0 Å². The van der Waals surface area contributed by atoms with Crippen molar-refractivity contribution in [2.45, 2.75) is 58.0 Å². The van der Waals surface area contributed by atoms with Crippen LogP contribution in [-0.2, 0) is 9.53 Å². The van der Waals surface area contributed by atoms with Gasteiger partial charge in [0.1, 0.15) is 0 Å². The zero-order chi connectivity index (χ0) is 12.9. The molecule has 0 spiro atoms. The van der Waals surface area contributed by atoms with Gasteiger partial charge in [-0.25, -0.2) is 0 Å². The summed E-state index contributed by atoms with van der Waals surface area (Å²) in [5.41, 5.74) is 4.84. The van der Waals surface area contributed by atoms with E-state index < -0.39 is 5.54 Å². The summed E-state index contributed by atoms with van der Waals surface area (Å²) in [5.74, 6) is 0.374. The molecule has 1 atom stereocenters. The summed E-state index contributed by atoms with van der Waals surface area (Å²) in [6, 6.07) is 0.475. The monoisotopic (exact) mass is 242 g/mol. The summed E-state index contributed by atoms with van der Waals surface area (Å²) < 4.78 is 5.54. The van der Waals surface area contributed by atoms with Crippen LogP contribution in [-0.4, -0.2) is 30.7 Å². The van der Waals surface area contributed by atoms with E-state index in [0.29, 0.717) is 25.0 Å². The molecule has 0 radical (unpaired) electrons. The van der Waals surface area contributed by atoms with E-state index in [0.717, 1.165) is 25.9 Å². The predicted octanol–water partition coefficient (Wildman–Crippen LogP) is 1.44. The molecule has 1 saturated carbocycles. The number of hydrogen-bond donors (Lipinski definition) is 2. The quantitative estimate of drug-likeness (QED) is 0.601. The number of nitrogens with one attached hydrogen (secondary N) is 1. The third-order valence-electron chi connectivity index (χ3n) is 3.23. The Labute approximate surface area is 104 Å². The predicted molar refractivity (Wildman–Crippen MR) is 68.6 cm³/mol. The van der Waals surface area contributed by atoms with Crippen LogP contribution < -0.4 is 11.1 Å². The van der Waals surface area contributed by atoms with Crippen LogP contribution >= 0.6 is 0 Å². The first-order valence-corrected chi connectivity index (χ1v) is 6.59. The second kappa shape index (κ2) is 6.36. The molecule has 0 aromatic rings. The Hall–Kier alpha value is -0.610. The fourth-order valence-corrected chi connectivity index (χ4v) is 1.64. The molecule has 0 saturated heterocycles. The van der Waals surface area contributed by atoms with Crippen LogP contribution in [0.4, 0.5) is 0 Å². The van der Waals surface area contributed by atoms with Crippen molar-refractivity contribution < 1.29 is 9.53 Å². The smallest absolute Gasteiger partial charge is 0.237 e. The van der Waals surface area contributed by atoms with Crippen molar-refractivity contribution in [3.05, 3.63) is 0 Å². The van der Waals surface area contributed by atoms with Gasteiger partial charge < -0.3 is 15.8 Å². The standard InChI is InChI=1S/C13H26N2O2/c1-10(2)6-8-17-9-7-13(3,12(14)16)15-11-4-5-11/h10-11,15H,4-9H2,1-3H3,(H2,14,16). The number of carbonyl (C=O) groups excluding carboxylic acids is 1. The molecule has 1 rings (SSSR count). The Morgan fingerprint density at radius 3 is 2.59 bits per heavy atom. The fraction of sp³-hybridized carbons (Fsp3) is 0.923. The number of amides is 1. The molecule has 1 amide bonds. The fourth-order valence-electron chi connectivity index (χ4n) is 1.64. The molecular weight excluding hydrogens is 216 g/mol. The molecule has 0 aromatic carbocycles. The van der Waals surface area contributed by atoms with Gasteiger partial charge in [-0.05, 0) is 38.5 Å². The van der Waals surface area contributed by atoms with Crippen LogP contribution in [0.15, 0.2) is 0 Å². The van der Waals surface area contributed by atoms with Gasteiger partial charge in [0, 0.05) is 19.3 Å². The number of primary amides is 1. The van der Waals surface area contributed by atoms with Gasteiger partial charge in [-0.3, -0.25) is 4.79 Å². The highest BCUT2D eigenvalue weighted by molar-refractivity contribution is 5.84. The molecule has 0 aliphatic heterocycles. The average molecular weight is 242 g/mol. The SMILES string of the molecule is CC(C)CCOCCC(C)(NC1CC1)C(N)=O. The van der Waals surface area contributed by atoms with Crippen LogP contribution in [0, 0.1) is 5.92 Å². The molecule has 0 bridgehead atoms. The van der Waals surface area contributed by atoms with E-state index in [9.17, 15) is 4.79 Å². The van der Waals surface area contributed by atoms with Crippen molar-refractivity contribution in [3.63, 3.8) is 0 Å². The Balaban J connectivity index is 2.21. The van der Waals surface area contributed by atoms with Gasteiger partial charge in [0.05, 0.1) is 5.54 Å². The lowest BCUT2D eigenvalue weighted by Crippen LogP contribution is -2.54. The molecule has 4 nitrogen and oxygen atoms in total. The Morgan fingerprint density at radius 2 is 2.12 bits per heavy atom. The van der Waals surface area contributed by atoms with Crippen LogP contribution in [0.5, 0.6) is 0 Å². The first-order chi connectivity index (χ1) is 7.94. The van der Waals surface area contributed by atoms with E-state index in [2.05, 4.69) is 19.2 Å². The maximum absolute atomic E-state index is 11.5. The minimum atomic E-state index is -0.612. The summed E-state index contributed by atoms with van der Waals surface area (Å²) in [4.78, 5) is 11.5. The third-order valence-corrected chi connectivity index (χ3v) is 3.23. The lowest BCUT2D eigenvalue weighted by atomic mass is 9.97. The number of hydrogen-bond acceptors (Lipinski definition) is 3. The zero-order valence-electron chi connectivity index (χ0n) is 11.3. The second-order valence-electron chi connectivity index (χ2n) is 5.66. The van der Waals surface area contributed by atoms with Crippen LogP contribution in [0.3, 0.4) is 0 Å². The molecule has 0 heterocycles. The van der Waals surface area contributed by atoms with E-state index in [-0.39, 0.29) is 5.91 Å². The van der Waals surface area contributed by atoms with E-state index in [4.69, 9.17) is 10.5 Å². The molecule has 4 heteroatoms. The van der Waals surface area contributed by atoms with E-state index in [1.165, 1.54) is 0 Å². The van der Waals surface area contributed by atoms with Gasteiger partial charge in [-0.2, -0.15) is 0 Å². The number of carbonyl (C=O) groups is 1. The van der Waals surface area contributed by atoms with Crippen LogP contribution in [0.1, 0.15) is 46.5 Å². The number of ether oxygens (including phenoxy) is 1. The summed E-state index contributed by atoms with van der Waals surface area (Å²) >= 11 is 0. The van der Waals surface area contributed by atoms with E-state index in [1.807, 2.05) is 6.92 Å². The molecule has 1 unspecified atom stereocenters. The van der Waals surface area contributed by atoms with Crippen LogP contribution in [0.2, 0.25) is 0 Å². The maximum Gasteiger partial charge on any atom is 0.237 e. The second-order valence-corrected chi connectivity index (χ2v) is 5.66. The van der Waals surface area contributed by atoms with Crippen molar-refractivity contribution in [2.75, 3.05) is 13.2 Å². The topological polar surface area (TPSA) is 64.3 Å². The van der Waals surface area contributed by atoms with Crippen molar-refractivity contribution in [2.24, 2.45) is 11.7 Å². The Morgan fingerprint density at radius 1 is 1.47 bits per heavy atom. The molecule has 3 N–H and O–H groups in total. The van der Waals surface area contributed by atoms with Gasteiger partial charge in [0.25, 0.3) is 0 Å². The van der Waals surface area contributed by atoms with Crippen molar-refractivity contribution in [1.82, 2.24) is 5.32 Å². The maximum atomic E-state index is 11.5. The van der Waals surface area contributed by atoms with Gasteiger partial charge in [-0.15, -0.1) is 0 Å².